The van der Waals surface area contributed by atoms with Crippen LogP contribution in [-0.4, -0.2) is 21.6 Å². The summed E-state index contributed by atoms with van der Waals surface area (Å²) in [5.41, 5.74) is 0.601. The highest BCUT2D eigenvalue weighted by atomic mass is 28.2. The molecular formula is C14H13NO6Si. The highest BCUT2D eigenvalue weighted by Crippen LogP contribution is 2.21. The van der Waals surface area contributed by atoms with Crippen LogP contribution >= 0.6 is 0 Å². The van der Waals surface area contributed by atoms with Gasteiger partial charge in [-0.1, -0.05) is 30.3 Å². The Morgan fingerprint density at radius 2 is 1.73 bits per heavy atom. The van der Waals surface area contributed by atoms with Gasteiger partial charge in [-0.25, -0.2) is 4.79 Å². The van der Waals surface area contributed by atoms with Crippen molar-refractivity contribution in [3.63, 3.8) is 0 Å². The Balaban J connectivity index is 1.98. The molecule has 2 rings (SSSR count). The minimum Gasteiger partial charge on any atom is -0.401 e. The smallest absolute Gasteiger partial charge is 0.401 e. The van der Waals surface area contributed by atoms with Gasteiger partial charge in [0.1, 0.15) is 5.75 Å². The third kappa shape index (κ3) is 4.14. The van der Waals surface area contributed by atoms with Crippen molar-refractivity contribution in [1.82, 2.24) is 0 Å². The average molecular weight is 319 g/mol. The van der Waals surface area contributed by atoms with Crippen LogP contribution in [0.4, 0.5) is 10.5 Å². The Morgan fingerprint density at radius 1 is 1.09 bits per heavy atom. The van der Waals surface area contributed by atoms with Crippen LogP contribution in [-0.2, 0) is 9.16 Å². The summed E-state index contributed by atoms with van der Waals surface area (Å²) in [6, 6.07) is 14.1. The molecule has 0 aliphatic heterocycles. The summed E-state index contributed by atoms with van der Waals surface area (Å²) in [7, 11) is 0.374. The van der Waals surface area contributed by atoms with Crippen LogP contribution in [0.15, 0.2) is 54.6 Å². The number of nitro benzene ring substituents is 1. The predicted molar refractivity (Wildman–Crippen MR) is 80.4 cm³/mol. The molecule has 0 bridgehead atoms. The second-order valence-corrected chi connectivity index (χ2v) is 4.67. The van der Waals surface area contributed by atoms with Gasteiger partial charge in [-0.15, -0.1) is 0 Å². The van der Waals surface area contributed by atoms with Crippen molar-refractivity contribution < 1.29 is 23.6 Å². The van der Waals surface area contributed by atoms with E-state index in [1.54, 1.807) is 24.3 Å². The zero-order valence-electron chi connectivity index (χ0n) is 11.7. The summed E-state index contributed by atoms with van der Waals surface area (Å²) in [6.45, 7) is 0. The van der Waals surface area contributed by atoms with Crippen molar-refractivity contribution in [3.8, 4) is 5.75 Å². The second kappa shape index (κ2) is 7.34. The number of carbonyl (C=O) groups excluding carboxylic acids is 1. The molecule has 2 aromatic rings. The first-order valence-electron chi connectivity index (χ1n) is 6.31. The lowest BCUT2D eigenvalue weighted by molar-refractivity contribution is -0.384. The number of carbonyl (C=O) groups is 1. The van der Waals surface area contributed by atoms with E-state index in [0.717, 1.165) is 0 Å². The minimum atomic E-state index is -0.946. The fourth-order valence-corrected chi connectivity index (χ4v) is 2.07. The summed E-state index contributed by atoms with van der Waals surface area (Å²) in [6.07, 6.45) is -1.78. The van der Waals surface area contributed by atoms with E-state index in [-0.39, 0.29) is 11.4 Å². The van der Waals surface area contributed by atoms with Crippen molar-refractivity contribution in [3.05, 3.63) is 70.3 Å². The van der Waals surface area contributed by atoms with Gasteiger partial charge in [0, 0.05) is 17.7 Å². The standard InChI is InChI=1S/C14H13NO6Si/c16-14(19-12-8-6-11(7-9-12)15(17)18)20-13(21-22)10-4-2-1-3-5-10/h1-9,13H,22H3. The minimum absolute atomic E-state index is 0.0919. The Kier molecular flexibility index (Phi) is 5.23. The number of rotatable bonds is 5. The van der Waals surface area contributed by atoms with Gasteiger partial charge in [-0.3, -0.25) is 10.1 Å². The summed E-state index contributed by atoms with van der Waals surface area (Å²) < 4.78 is 15.3. The molecule has 114 valence electrons. The maximum Gasteiger partial charge on any atom is 0.516 e. The lowest BCUT2D eigenvalue weighted by atomic mass is 10.2. The first-order valence-corrected chi connectivity index (χ1v) is 7.12. The molecule has 1 atom stereocenters. The monoisotopic (exact) mass is 319 g/mol. The molecule has 0 spiro atoms. The maximum atomic E-state index is 11.7. The predicted octanol–water partition coefficient (Wildman–Crippen LogP) is 2.11. The third-order valence-electron chi connectivity index (χ3n) is 2.74. The molecule has 0 heterocycles. The van der Waals surface area contributed by atoms with Crippen molar-refractivity contribution in [2.24, 2.45) is 0 Å². The molecular weight excluding hydrogens is 306 g/mol. The number of ether oxygens (including phenoxy) is 2. The number of non-ortho nitro benzene ring substituents is 1. The molecule has 22 heavy (non-hydrogen) atoms. The van der Waals surface area contributed by atoms with Crippen LogP contribution < -0.4 is 4.74 Å². The van der Waals surface area contributed by atoms with Crippen LogP contribution in [0.25, 0.3) is 0 Å². The van der Waals surface area contributed by atoms with Crippen LogP contribution in [0.2, 0.25) is 0 Å². The summed E-state index contributed by atoms with van der Waals surface area (Å²) in [5, 5.41) is 10.5. The van der Waals surface area contributed by atoms with Crippen molar-refractivity contribution in [1.29, 1.82) is 0 Å². The molecule has 2 aromatic carbocycles. The molecule has 0 aliphatic rings. The number of nitro groups is 1. The van der Waals surface area contributed by atoms with E-state index in [2.05, 4.69) is 0 Å². The number of nitrogens with zero attached hydrogens (tertiary/aromatic N) is 1. The summed E-state index contributed by atoms with van der Waals surface area (Å²) in [5.74, 6) is 0.149. The highest BCUT2D eigenvalue weighted by molar-refractivity contribution is 5.98. The van der Waals surface area contributed by atoms with Gasteiger partial charge < -0.3 is 13.9 Å². The Morgan fingerprint density at radius 3 is 2.27 bits per heavy atom. The molecule has 0 N–H and O–H groups in total. The van der Waals surface area contributed by atoms with E-state index in [1.165, 1.54) is 24.3 Å². The van der Waals surface area contributed by atoms with Crippen molar-refractivity contribution in [2.75, 3.05) is 0 Å². The maximum absolute atomic E-state index is 11.7. The largest absolute Gasteiger partial charge is 0.516 e. The molecule has 0 fully saturated rings. The molecule has 0 radical (unpaired) electrons. The molecule has 0 aromatic heterocycles. The Hall–Kier alpha value is -2.71. The van der Waals surface area contributed by atoms with Gasteiger partial charge in [0.15, 0.2) is 10.5 Å². The Labute approximate surface area is 129 Å². The number of benzene rings is 2. The zero-order chi connectivity index (χ0) is 15.9. The molecule has 0 aliphatic carbocycles. The van der Waals surface area contributed by atoms with Crippen LogP contribution in [0.3, 0.4) is 0 Å². The fraction of sp³-hybridized carbons (Fsp3) is 0.0714. The number of hydrogen-bond acceptors (Lipinski definition) is 6. The van der Waals surface area contributed by atoms with Crippen LogP contribution in [0.5, 0.6) is 5.75 Å². The molecule has 7 nitrogen and oxygen atoms in total. The van der Waals surface area contributed by atoms with Crippen LogP contribution in [0.1, 0.15) is 11.9 Å². The van der Waals surface area contributed by atoms with Gasteiger partial charge in [0.25, 0.3) is 5.69 Å². The summed E-state index contributed by atoms with van der Waals surface area (Å²) in [4.78, 5) is 21.7. The highest BCUT2D eigenvalue weighted by Gasteiger charge is 2.17. The first kappa shape index (κ1) is 15.7. The van der Waals surface area contributed by atoms with E-state index in [0.29, 0.717) is 16.0 Å². The average Bonchev–Trinajstić information content (AvgIpc) is 2.54. The molecule has 0 saturated heterocycles. The second-order valence-electron chi connectivity index (χ2n) is 4.20. The first-order chi connectivity index (χ1) is 10.6. The lowest BCUT2D eigenvalue weighted by Crippen LogP contribution is -2.16. The van der Waals surface area contributed by atoms with Gasteiger partial charge in [-0.2, -0.15) is 0 Å². The van der Waals surface area contributed by atoms with E-state index >= 15 is 0 Å². The van der Waals surface area contributed by atoms with Crippen molar-refractivity contribution in [2.45, 2.75) is 6.29 Å². The molecule has 1 unspecified atom stereocenters. The molecule has 0 saturated carbocycles. The topological polar surface area (TPSA) is 87.9 Å². The third-order valence-corrected chi connectivity index (χ3v) is 3.17. The fourth-order valence-electron chi connectivity index (χ4n) is 1.71. The quantitative estimate of drug-likeness (QED) is 0.209. The molecule has 8 heteroatoms. The van der Waals surface area contributed by atoms with Gasteiger partial charge >= 0.3 is 6.16 Å². The zero-order valence-corrected chi connectivity index (χ0v) is 13.7. The van der Waals surface area contributed by atoms with Crippen LogP contribution in [0, 0.1) is 10.1 Å². The number of hydrogen-bond donors (Lipinski definition) is 0. The van der Waals surface area contributed by atoms with Gasteiger partial charge in [0.05, 0.1) is 4.92 Å². The van der Waals surface area contributed by atoms with E-state index in [1.807, 2.05) is 6.07 Å². The van der Waals surface area contributed by atoms with E-state index in [4.69, 9.17) is 13.9 Å². The van der Waals surface area contributed by atoms with E-state index in [9.17, 15) is 14.9 Å². The lowest BCUT2D eigenvalue weighted by Gasteiger charge is -2.16. The van der Waals surface area contributed by atoms with Crippen molar-refractivity contribution >= 4 is 22.3 Å². The van der Waals surface area contributed by atoms with E-state index < -0.39 is 17.4 Å². The Bertz CT molecular complexity index is 646. The summed E-state index contributed by atoms with van der Waals surface area (Å²) >= 11 is 0. The SMILES string of the molecule is O=C(Oc1ccc([N+](=O)[O-])cc1)OC(O[SiH3])c1ccccc1. The van der Waals surface area contributed by atoms with Gasteiger partial charge in [-0.05, 0) is 12.1 Å². The molecule has 0 amide bonds. The normalized spacial score (nSPS) is 11.6. The van der Waals surface area contributed by atoms with Gasteiger partial charge in [0.2, 0.25) is 6.29 Å².